The van der Waals surface area contributed by atoms with Crippen LogP contribution in [0.2, 0.25) is 5.02 Å². The maximum Gasteiger partial charge on any atom is 0.417 e. The van der Waals surface area contributed by atoms with Crippen LogP contribution in [0.15, 0.2) is 17.3 Å². The number of aliphatic imine (C=N–C) groups is 1. The Morgan fingerprint density at radius 1 is 1.48 bits per heavy atom. The van der Waals surface area contributed by atoms with E-state index in [-0.39, 0.29) is 23.6 Å². The topological polar surface area (TPSA) is 67.8 Å². The number of alkyl halides is 3. The highest BCUT2D eigenvalue weighted by Gasteiger charge is 2.31. The highest BCUT2D eigenvalue weighted by molar-refractivity contribution is 6.31. The zero-order valence-electron chi connectivity index (χ0n) is 13.7. The predicted molar refractivity (Wildman–Crippen MR) is 88.1 cm³/mol. The van der Waals surface area contributed by atoms with Gasteiger partial charge in [-0.05, 0) is 18.9 Å². The second-order valence-corrected chi connectivity index (χ2v) is 5.78. The van der Waals surface area contributed by atoms with Crippen molar-refractivity contribution in [2.24, 2.45) is 4.99 Å². The van der Waals surface area contributed by atoms with Crippen LogP contribution >= 0.6 is 11.6 Å². The van der Waals surface area contributed by atoms with E-state index in [0.29, 0.717) is 25.2 Å². The summed E-state index contributed by atoms with van der Waals surface area (Å²) in [6.07, 6.45) is -1.53. The summed E-state index contributed by atoms with van der Waals surface area (Å²) < 4.78 is 48.4. The van der Waals surface area contributed by atoms with Crippen molar-refractivity contribution in [1.29, 1.82) is 0 Å². The molecule has 140 valence electrons. The zero-order valence-corrected chi connectivity index (χ0v) is 14.5. The molecule has 0 bridgehead atoms. The van der Waals surface area contributed by atoms with E-state index in [4.69, 9.17) is 21.1 Å². The van der Waals surface area contributed by atoms with Crippen LogP contribution < -0.4 is 15.4 Å². The van der Waals surface area contributed by atoms with Crippen molar-refractivity contribution < 1.29 is 22.6 Å². The first kappa shape index (κ1) is 19.6. The normalized spacial score (nSPS) is 18.3. The lowest BCUT2D eigenvalue weighted by Gasteiger charge is -2.15. The number of hydrogen-bond acceptors (Lipinski definition) is 4. The Balaban J connectivity index is 1.72. The summed E-state index contributed by atoms with van der Waals surface area (Å²) in [4.78, 5) is 7.67. The molecule has 0 radical (unpaired) electrons. The van der Waals surface area contributed by atoms with E-state index in [0.717, 1.165) is 25.5 Å². The van der Waals surface area contributed by atoms with Gasteiger partial charge in [-0.15, -0.1) is 0 Å². The fourth-order valence-electron chi connectivity index (χ4n) is 2.24. The van der Waals surface area contributed by atoms with Gasteiger partial charge in [0, 0.05) is 26.4 Å². The van der Waals surface area contributed by atoms with Crippen molar-refractivity contribution in [1.82, 2.24) is 15.6 Å². The van der Waals surface area contributed by atoms with Crippen LogP contribution in [0, 0.1) is 0 Å². The Kier molecular flexibility index (Phi) is 7.12. The Bertz CT molecular complexity index is 593. The number of hydrogen-bond donors (Lipinski definition) is 2. The van der Waals surface area contributed by atoms with Crippen LogP contribution in [-0.2, 0) is 10.9 Å². The quantitative estimate of drug-likeness (QED) is 0.451. The fraction of sp³-hybridized carbons (Fsp3) is 0.600. The summed E-state index contributed by atoms with van der Waals surface area (Å²) in [6, 6.07) is 0.791. The molecule has 10 heteroatoms. The van der Waals surface area contributed by atoms with E-state index >= 15 is 0 Å². The number of nitrogens with zero attached hydrogens (tertiary/aromatic N) is 2. The van der Waals surface area contributed by atoms with Crippen LogP contribution in [0.25, 0.3) is 0 Å². The molecule has 1 aromatic rings. The van der Waals surface area contributed by atoms with Gasteiger partial charge in [0.15, 0.2) is 5.96 Å². The van der Waals surface area contributed by atoms with Gasteiger partial charge in [-0.1, -0.05) is 11.6 Å². The molecule has 1 saturated heterocycles. The first-order chi connectivity index (χ1) is 11.9. The minimum absolute atomic E-state index is 0.0428. The number of guanidine groups is 1. The van der Waals surface area contributed by atoms with Gasteiger partial charge in [0.25, 0.3) is 0 Å². The Morgan fingerprint density at radius 2 is 2.28 bits per heavy atom. The Labute approximate surface area is 148 Å². The molecule has 0 aromatic carbocycles. The lowest BCUT2D eigenvalue weighted by molar-refractivity contribution is -0.137. The third-order valence-electron chi connectivity index (χ3n) is 3.51. The van der Waals surface area contributed by atoms with Crippen molar-refractivity contribution in [3.05, 3.63) is 22.8 Å². The fourth-order valence-corrected chi connectivity index (χ4v) is 2.46. The van der Waals surface area contributed by atoms with Gasteiger partial charge in [0.2, 0.25) is 5.88 Å². The molecule has 1 atom stereocenters. The molecule has 2 heterocycles. The SMILES string of the molecule is CN=C(NCCOc1ncc(C(F)(F)F)cc1Cl)NCC1CCCO1. The monoisotopic (exact) mass is 380 g/mol. The van der Waals surface area contributed by atoms with Gasteiger partial charge < -0.3 is 20.1 Å². The summed E-state index contributed by atoms with van der Waals surface area (Å²) in [7, 11) is 1.64. The molecule has 1 aliphatic rings. The summed E-state index contributed by atoms with van der Waals surface area (Å²) >= 11 is 5.77. The molecule has 0 aliphatic carbocycles. The molecule has 2 N–H and O–H groups in total. The minimum atomic E-state index is -4.49. The number of halogens is 4. The van der Waals surface area contributed by atoms with Gasteiger partial charge in [-0.25, -0.2) is 4.98 Å². The molecule has 0 spiro atoms. The molecule has 0 amide bonds. The standard InChI is InChI=1S/C15H20ClF3N4O2/c1-20-14(23-9-11-3-2-5-24-11)21-4-6-25-13-12(16)7-10(8-22-13)15(17,18)19/h7-8,11H,2-6,9H2,1H3,(H2,20,21,23). The molecule has 25 heavy (non-hydrogen) atoms. The number of aromatic nitrogens is 1. The molecule has 2 rings (SSSR count). The third kappa shape index (κ3) is 6.24. The highest BCUT2D eigenvalue weighted by atomic mass is 35.5. The first-order valence-corrected chi connectivity index (χ1v) is 8.19. The predicted octanol–water partition coefficient (Wildman–Crippen LogP) is 2.48. The number of pyridine rings is 1. The molecular weight excluding hydrogens is 361 g/mol. The molecule has 0 saturated carbocycles. The molecule has 1 fully saturated rings. The summed E-state index contributed by atoms with van der Waals surface area (Å²) in [6.45, 7) is 1.99. The number of nitrogens with one attached hydrogen (secondary N) is 2. The molecule has 1 aliphatic heterocycles. The van der Waals surface area contributed by atoms with Crippen LogP contribution in [0.1, 0.15) is 18.4 Å². The maximum atomic E-state index is 12.5. The van der Waals surface area contributed by atoms with Gasteiger partial charge in [0.1, 0.15) is 11.6 Å². The van der Waals surface area contributed by atoms with Crippen LogP contribution in [0.4, 0.5) is 13.2 Å². The minimum Gasteiger partial charge on any atom is -0.475 e. The van der Waals surface area contributed by atoms with E-state index in [2.05, 4.69) is 20.6 Å². The molecular formula is C15H20ClF3N4O2. The highest BCUT2D eigenvalue weighted by Crippen LogP contribution is 2.32. The Hall–Kier alpha value is -1.74. The number of ether oxygens (including phenoxy) is 2. The average Bonchev–Trinajstić information content (AvgIpc) is 3.08. The lowest BCUT2D eigenvalue weighted by Crippen LogP contribution is -2.42. The van der Waals surface area contributed by atoms with Gasteiger partial charge in [0.05, 0.1) is 18.2 Å². The van der Waals surface area contributed by atoms with Crippen molar-refractivity contribution in [3.63, 3.8) is 0 Å². The molecule has 6 nitrogen and oxygen atoms in total. The van der Waals surface area contributed by atoms with Crippen molar-refractivity contribution in [3.8, 4) is 5.88 Å². The van der Waals surface area contributed by atoms with Crippen molar-refractivity contribution in [2.75, 3.05) is 33.4 Å². The van der Waals surface area contributed by atoms with E-state index < -0.39 is 11.7 Å². The van der Waals surface area contributed by atoms with Crippen molar-refractivity contribution >= 4 is 17.6 Å². The average molecular weight is 381 g/mol. The van der Waals surface area contributed by atoms with E-state index in [9.17, 15) is 13.2 Å². The zero-order chi connectivity index (χ0) is 18.3. The maximum absolute atomic E-state index is 12.5. The smallest absolute Gasteiger partial charge is 0.417 e. The molecule has 1 aromatic heterocycles. The van der Waals surface area contributed by atoms with E-state index in [1.807, 2.05) is 0 Å². The van der Waals surface area contributed by atoms with Crippen molar-refractivity contribution in [2.45, 2.75) is 25.1 Å². The summed E-state index contributed by atoms with van der Waals surface area (Å²) in [5, 5.41) is 5.98. The van der Waals surface area contributed by atoms with Gasteiger partial charge in [-0.2, -0.15) is 13.2 Å². The van der Waals surface area contributed by atoms with E-state index in [1.54, 1.807) is 7.05 Å². The van der Waals surface area contributed by atoms with Gasteiger partial charge >= 0.3 is 6.18 Å². The molecule has 1 unspecified atom stereocenters. The largest absolute Gasteiger partial charge is 0.475 e. The lowest BCUT2D eigenvalue weighted by atomic mass is 10.2. The van der Waals surface area contributed by atoms with Crippen LogP contribution in [0.5, 0.6) is 5.88 Å². The second kappa shape index (κ2) is 9.10. The van der Waals surface area contributed by atoms with Crippen LogP contribution in [0.3, 0.4) is 0 Å². The summed E-state index contributed by atoms with van der Waals surface area (Å²) in [5.74, 6) is 0.546. The first-order valence-electron chi connectivity index (χ1n) is 7.82. The van der Waals surface area contributed by atoms with Gasteiger partial charge in [-0.3, -0.25) is 4.99 Å². The van der Waals surface area contributed by atoms with E-state index in [1.165, 1.54) is 0 Å². The summed E-state index contributed by atoms with van der Waals surface area (Å²) in [5.41, 5.74) is -0.915. The second-order valence-electron chi connectivity index (χ2n) is 5.37. The van der Waals surface area contributed by atoms with Crippen LogP contribution in [-0.4, -0.2) is 50.4 Å². The number of rotatable bonds is 6. The third-order valence-corrected chi connectivity index (χ3v) is 3.78. The Morgan fingerprint density at radius 3 is 2.88 bits per heavy atom.